The number of carbonyl (C=O) groups is 1. The molecule has 1 fully saturated rings. The average Bonchev–Trinajstić information content (AvgIpc) is 2.96. The lowest BCUT2D eigenvalue weighted by Gasteiger charge is -2.26. The summed E-state index contributed by atoms with van der Waals surface area (Å²) in [5.74, 6) is 0.113. The Kier molecular flexibility index (Phi) is 6.05. The number of aryl methyl sites for hydroxylation is 2. The molecular weight excluding hydrogens is 350 g/mol. The monoisotopic (exact) mass is 381 g/mol. The van der Waals surface area contributed by atoms with Crippen molar-refractivity contribution < 1.29 is 4.79 Å². The van der Waals surface area contributed by atoms with Gasteiger partial charge in [-0.2, -0.15) is 0 Å². The molecule has 6 heteroatoms. The number of hydrogen-bond acceptors (Lipinski definition) is 4. The Morgan fingerprint density at radius 3 is 2.54 bits per heavy atom. The molecule has 0 aliphatic carbocycles. The first-order valence-electron chi connectivity index (χ1n) is 10.8. The van der Waals surface area contributed by atoms with Gasteiger partial charge in [-0.15, -0.1) is 5.10 Å². The topological polar surface area (TPSA) is 54.3 Å². The zero-order valence-corrected chi connectivity index (χ0v) is 16.9. The van der Waals surface area contributed by atoms with E-state index in [1.54, 1.807) is 0 Å². The second-order valence-corrected chi connectivity index (χ2v) is 8.07. The summed E-state index contributed by atoms with van der Waals surface area (Å²) in [6, 6.07) is 8.12. The van der Waals surface area contributed by atoms with E-state index in [0.29, 0.717) is 6.54 Å². The summed E-state index contributed by atoms with van der Waals surface area (Å²) in [7, 11) is 0. The van der Waals surface area contributed by atoms with Gasteiger partial charge in [0.25, 0.3) is 5.91 Å². The van der Waals surface area contributed by atoms with E-state index in [4.69, 9.17) is 0 Å². The predicted octanol–water partition coefficient (Wildman–Crippen LogP) is 3.26. The summed E-state index contributed by atoms with van der Waals surface area (Å²) in [6.45, 7) is 7.51. The minimum atomic E-state index is 0.113. The first-order valence-corrected chi connectivity index (χ1v) is 10.8. The maximum absolute atomic E-state index is 13.1. The quantitative estimate of drug-likeness (QED) is 0.798. The van der Waals surface area contributed by atoms with Crippen LogP contribution in [0, 0.1) is 0 Å². The summed E-state index contributed by atoms with van der Waals surface area (Å²) in [6.07, 6.45) is 6.96. The number of piperidine rings is 1. The number of likely N-dealkylation sites (tertiary alicyclic amines) is 1. The molecule has 2 aliphatic heterocycles. The molecule has 0 atom stereocenters. The van der Waals surface area contributed by atoms with Crippen LogP contribution in [0.25, 0.3) is 0 Å². The molecule has 2 aliphatic rings. The molecular formula is C22H31N5O. The van der Waals surface area contributed by atoms with Crippen LogP contribution in [0.2, 0.25) is 0 Å². The Hall–Kier alpha value is -2.21. The summed E-state index contributed by atoms with van der Waals surface area (Å²) >= 11 is 0. The molecule has 2 aromatic rings. The van der Waals surface area contributed by atoms with Crippen molar-refractivity contribution in [1.29, 1.82) is 0 Å². The molecule has 150 valence electrons. The average molecular weight is 382 g/mol. The Balaban J connectivity index is 1.48. The van der Waals surface area contributed by atoms with E-state index in [2.05, 4.69) is 34.3 Å². The third-order valence-corrected chi connectivity index (χ3v) is 5.91. The second kappa shape index (κ2) is 8.86. The van der Waals surface area contributed by atoms with Gasteiger partial charge < -0.3 is 4.90 Å². The minimum Gasteiger partial charge on any atom is -0.333 e. The van der Waals surface area contributed by atoms with Crippen molar-refractivity contribution in [3.63, 3.8) is 0 Å². The smallest absolute Gasteiger partial charge is 0.254 e. The number of hydrogen-bond donors (Lipinski definition) is 0. The Bertz CT molecular complexity index is 792. The van der Waals surface area contributed by atoms with Gasteiger partial charge in [0.05, 0.1) is 12.2 Å². The molecule has 0 N–H and O–H groups in total. The maximum atomic E-state index is 13.1. The van der Waals surface area contributed by atoms with Gasteiger partial charge in [0.15, 0.2) is 0 Å². The first-order chi connectivity index (χ1) is 13.7. The Morgan fingerprint density at radius 1 is 1.00 bits per heavy atom. The van der Waals surface area contributed by atoms with E-state index in [0.717, 1.165) is 68.9 Å². The lowest BCUT2D eigenvalue weighted by Crippen LogP contribution is -2.32. The third kappa shape index (κ3) is 4.27. The number of benzene rings is 1. The van der Waals surface area contributed by atoms with E-state index >= 15 is 0 Å². The highest BCUT2D eigenvalue weighted by molar-refractivity contribution is 5.94. The third-order valence-electron chi connectivity index (χ3n) is 5.91. The number of nitrogens with zero attached hydrogens (tertiary/aromatic N) is 5. The molecule has 3 heterocycles. The summed E-state index contributed by atoms with van der Waals surface area (Å²) in [5.41, 5.74) is 4.22. The molecule has 0 saturated carbocycles. The van der Waals surface area contributed by atoms with Crippen LogP contribution in [-0.2, 0) is 26.1 Å². The van der Waals surface area contributed by atoms with Gasteiger partial charge >= 0.3 is 0 Å². The van der Waals surface area contributed by atoms with Crippen LogP contribution in [0.1, 0.15) is 66.3 Å². The van der Waals surface area contributed by atoms with Crippen LogP contribution in [-0.4, -0.2) is 50.3 Å². The van der Waals surface area contributed by atoms with Crippen molar-refractivity contribution in [2.45, 2.75) is 65.1 Å². The van der Waals surface area contributed by atoms with Crippen molar-refractivity contribution in [2.75, 3.05) is 19.6 Å². The number of rotatable bonds is 5. The highest BCUT2D eigenvalue weighted by Gasteiger charge is 2.25. The first kappa shape index (κ1) is 19.1. The summed E-state index contributed by atoms with van der Waals surface area (Å²) in [4.78, 5) is 17.6. The zero-order chi connectivity index (χ0) is 19.3. The fraction of sp³-hybridized carbons (Fsp3) is 0.591. The number of carbonyl (C=O) groups excluding carboxylic acids is 1. The molecule has 0 unspecified atom stereocenters. The van der Waals surface area contributed by atoms with E-state index < -0.39 is 0 Å². The lowest BCUT2D eigenvalue weighted by atomic mass is 10.1. The second-order valence-electron chi connectivity index (χ2n) is 8.07. The number of aromatic nitrogens is 3. The van der Waals surface area contributed by atoms with Crippen molar-refractivity contribution in [1.82, 2.24) is 24.8 Å². The number of amides is 1. The largest absolute Gasteiger partial charge is 0.333 e. The Labute approximate surface area is 167 Å². The van der Waals surface area contributed by atoms with Crippen molar-refractivity contribution in [2.24, 2.45) is 0 Å². The molecule has 28 heavy (non-hydrogen) atoms. The molecule has 0 spiro atoms. The van der Waals surface area contributed by atoms with Crippen LogP contribution < -0.4 is 0 Å². The standard InChI is InChI=1S/C22H31N5O/c1-2-7-18-8-10-19(11-9-18)22(28)26-14-6-15-27-21(17-26)20(23-24-27)16-25-12-4-3-5-13-25/h8-11H,2-7,12-17H2,1H3. The van der Waals surface area contributed by atoms with Gasteiger partial charge in [0, 0.05) is 25.2 Å². The summed E-state index contributed by atoms with van der Waals surface area (Å²) in [5, 5.41) is 8.85. The van der Waals surface area contributed by atoms with Crippen molar-refractivity contribution in [3.8, 4) is 0 Å². The van der Waals surface area contributed by atoms with Crippen LogP contribution in [0.15, 0.2) is 24.3 Å². The van der Waals surface area contributed by atoms with E-state index in [9.17, 15) is 4.79 Å². The molecule has 4 rings (SSSR count). The van der Waals surface area contributed by atoms with E-state index in [-0.39, 0.29) is 5.91 Å². The SMILES string of the molecule is CCCc1ccc(C(=O)N2CCCn3nnc(CN4CCCCC4)c3C2)cc1. The van der Waals surface area contributed by atoms with Crippen LogP contribution in [0.5, 0.6) is 0 Å². The highest BCUT2D eigenvalue weighted by Crippen LogP contribution is 2.20. The van der Waals surface area contributed by atoms with Gasteiger partial charge in [-0.3, -0.25) is 9.69 Å². The molecule has 1 aromatic carbocycles. The maximum Gasteiger partial charge on any atom is 0.254 e. The fourth-order valence-electron chi connectivity index (χ4n) is 4.30. The number of fused-ring (bicyclic) bond motifs is 1. The van der Waals surface area contributed by atoms with Gasteiger partial charge in [-0.25, -0.2) is 4.68 Å². The van der Waals surface area contributed by atoms with Crippen molar-refractivity contribution >= 4 is 5.91 Å². The fourth-order valence-corrected chi connectivity index (χ4v) is 4.30. The molecule has 6 nitrogen and oxygen atoms in total. The molecule has 0 radical (unpaired) electrons. The van der Waals surface area contributed by atoms with E-state index in [1.807, 2.05) is 21.7 Å². The molecule has 1 saturated heterocycles. The van der Waals surface area contributed by atoms with Gasteiger partial charge in [-0.1, -0.05) is 37.1 Å². The normalized spacial score (nSPS) is 18.0. The Morgan fingerprint density at radius 2 is 1.79 bits per heavy atom. The van der Waals surface area contributed by atoms with Gasteiger partial charge in [-0.05, 0) is 56.5 Å². The minimum absolute atomic E-state index is 0.113. The van der Waals surface area contributed by atoms with Crippen LogP contribution in [0.3, 0.4) is 0 Å². The van der Waals surface area contributed by atoms with Crippen molar-refractivity contribution in [3.05, 3.63) is 46.8 Å². The lowest BCUT2D eigenvalue weighted by molar-refractivity contribution is 0.0745. The van der Waals surface area contributed by atoms with E-state index in [1.165, 1.54) is 24.8 Å². The zero-order valence-electron chi connectivity index (χ0n) is 16.9. The molecule has 0 bridgehead atoms. The summed E-state index contributed by atoms with van der Waals surface area (Å²) < 4.78 is 2.01. The predicted molar refractivity (Wildman–Crippen MR) is 109 cm³/mol. The van der Waals surface area contributed by atoms with Gasteiger partial charge in [0.1, 0.15) is 5.69 Å². The van der Waals surface area contributed by atoms with Gasteiger partial charge in [0.2, 0.25) is 0 Å². The van der Waals surface area contributed by atoms with Crippen LogP contribution >= 0.6 is 0 Å². The molecule has 1 aromatic heterocycles. The van der Waals surface area contributed by atoms with Crippen LogP contribution in [0.4, 0.5) is 0 Å². The highest BCUT2D eigenvalue weighted by atomic mass is 16.2. The molecule has 1 amide bonds.